The smallest absolute Gasteiger partial charge is 0.272 e. The van der Waals surface area contributed by atoms with Gasteiger partial charge in [0.1, 0.15) is 11.4 Å². The average molecular weight is 411 g/mol. The first-order chi connectivity index (χ1) is 13.2. The molecule has 1 aromatic carbocycles. The molecule has 9 heteroatoms. The highest BCUT2D eigenvalue weighted by molar-refractivity contribution is 5.92. The molecule has 1 unspecified atom stereocenters. The largest absolute Gasteiger partial charge is 0.496 e. The molecule has 28 heavy (non-hydrogen) atoms. The average Bonchev–Trinajstić information content (AvgIpc) is 3.22. The summed E-state index contributed by atoms with van der Waals surface area (Å²) in [5.41, 5.74) is 1.19. The van der Waals surface area contributed by atoms with Crippen molar-refractivity contribution in [2.24, 2.45) is 0 Å². The maximum atomic E-state index is 12.5. The normalized spacial score (nSPS) is 16.0. The standard InChI is InChI=1S/C19H26N4O4.ClH/c1-25-16-10-18(27-3)17(26-2)9-13(16)11-21-19(24)15-6-8-23(22-15)14-5-4-7-20-12-14;/h6,8-10,14,20H,4-5,7,11-12H2,1-3H3,(H,21,24);1H. The van der Waals surface area contributed by atoms with Crippen molar-refractivity contribution in [3.63, 3.8) is 0 Å². The minimum atomic E-state index is -0.227. The molecule has 1 amide bonds. The van der Waals surface area contributed by atoms with Crippen LogP contribution in [0.25, 0.3) is 0 Å². The molecule has 1 fully saturated rings. The van der Waals surface area contributed by atoms with Crippen LogP contribution in [-0.4, -0.2) is 50.1 Å². The van der Waals surface area contributed by atoms with Gasteiger partial charge in [0, 0.05) is 30.9 Å². The van der Waals surface area contributed by atoms with Crippen molar-refractivity contribution in [3.05, 3.63) is 35.7 Å². The van der Waals surface area contributed by atoms with Crippen LogP contribution in [0.1, 0.15) is 34.9 Å². The van der Waals surface area contributed by atoms with Gasteiger partial charge in [0.05, 0.1) is 27.4 Å². The molecule has 0 radical (unpaired) electrons. The number of benzene rings is 1. The molecule has 0 saturated carbocycles. The Hall–Kier alpha value is -2.45. The topological polar surface area (TPSA) is 86.6 Å². The SMILES string of the molecule is COc1cc(OC)c(OC)cc1CNC(=O)c1ccn(C2CCCNC2)n1.Cl. The highest BCUT2D eigenvalue weighted by atomic mass is 35.5. The van der Waals surface area contributed by atoms with Crippen LogP contribution < -0.4 is 24.8 Å². The van der Waals surface area contributed by atoms with Crippen LogP contribution in [0.2, 0.25) is 0 Å². The number of aromatic nitrogens is 2. The number of carbonyl (C=O) groups excluding carboxylic acids is 1. The molecule has 1 atom stereocenters. The molecule has 1 aromatic heterocycles. The van der Waals surface area contributed by atoms with Crippen molar-refractivity contribution < 1.29 is 19.0 Å². The molecular weight excluding hydrogens is 384 g/mol. The number of amides is 1. The van der Waals surface area contributed by atoms with Gasteiger partial charge < -0.3 is 24.8 Å². The lowest BCUT2D eigenvalue weighted by Gasteiger charge is -2.22. The number of carbonyl (C=O) groups is 1. The molecule has 0 aliphatic carbocycles. The number of nitrogens with one attached hydrogen (secondary N) is 2. The van der Waals surface area contributed by atoms with Gasteiger partial charge in [-0.2, -0.15) is 5.10 Å². The summed E-state index contributed by atoms with van der Waals surface area (Å²) >= 11 is 0. The maximum Gasteiger partial charge on any atom is 0.272 e. The lowest BCUT2D eigenvalue weighted by atomic mass is 10.1. The van der Waals surface area contributed by atoms with Crippen molar-refractivity contribution in [1.82, 2.24) is 20.4 Å². The monoisotopic (exact) mass is 410 g/mol. The van der Waals surface area contributed by atoms with Crippen LogP contribution in [0, 0.1) is 0 Å². The zero-order valence-electron chi connectivity index (χ0n) is 16.4. The summed E-state index contributed by atoms with van der Waals surface area (Å²) in [6, 6.07) is 5.58. The molecule has 1 aliphatic heterocycles. The maximum absolute atomic E-state index is 12.5. The van der Waals surface area contributed by atoms with Gasteiger partial charge >= 0.3 is 0 Å². The van der Waals surface area contributed by atoms with Crippen LogP contribution in [0.15, 0.2) is 24.4 Å². The van der Waals surface area contributed by atoms with E-state index in [-0.39, 0.29) is 18.3 Å². The van der Waals surface area contributed by atoms with Gasteiger partial charge in [-0.1, -0.05) is 0 Å². The summed E-state index contributed by atoms with van der Waals surface area (Å²) in [5.74, 6) is 1.54. The molecule has 1 aliphatic rings. The highest BCUT2D eigenvalue weighted by Gasteiger charge is 2.18. The molecular formula is C19H27ClN4O4. The van der Waals surface area contributed by atoms with Crippen molar-refractivity contribution in [1.29, 1.82) is 0 Å². The minimum Gasteiger partial charge on any atom is -0.496 e. The second-order valence-corrected chi connectivity index (χ2v) is 6.38. The molecule has 2 N–H and O–H groups in total. The van der Waals surface area contributed by atoms with Gasteiger partial charge in [-0.15, -0.1) is 12.4 Å². The number of nitrogens with zero attached hydrogens (tertiary/aromatic N) is 2. The molecule has 0 spiro atoms. The summed E-state index contributed by atoms with van der Waals surface area (Å²) in [6.07, 6.45) is 4.05. The second-order valence-electron chi connectivity index (χ2n) is 6.38. The van der Waals surface area contributed by atoms with Crippen LogP contribution in [-0.2, 0) is 6.54 Å². The predicted octanol–water partition coefficient (Wildman–Crippen LogP) is 2.19. The number of hydrogen-bond donors (Lipinski definition) is 2. The Morgan fingerprint density at radius 2 is 1.93 bits per heavy atom. The molecule has 2 heterocycles. The quantitative estimate of drug-likeness (QED) is 0.727. The Kier molecular flexibility index (Phi) is 7.95. The Morgan fingerprint density at radius 3 is 2.57 bits per heavy atom. The fourth-order valence-corrected chi connectivity index (χ4v) is 3.22. The van der Waals surface area contributed by atoms with Crippen molar-refractivity contribution >= 4 is 18.3 Å². The van der Waals surface area contributed by atoms with Gasteiger partial charge in [0.15, 0.2) is 11.5 Å². The van der Waals surface area contributed by atoms with E-state index in [9.17, 15) is 4.79 Å². The number of piperidine rings is 1. The van der Waals surface area contributed by atoms with Crippen LogP contribution >= 0.6 is 12.4 Å². The Balaban J connectivity index is 0.00000280. The number of halogens is 1. The van der Waals surface area contributed by atoms with Crippen LogP contribution in [0.5, 0.6) is 17.2 Å². The summed E-state index contributed by atoms with van der Waals surface area (Å²) in [5, 5.41) is 10.7. The highest BCUT2D eigenvalue weighted by Crippen LogP contribution is 2.34. The van der Waals surface area contributed by atoms with Gasteiger partial charge in [0.25, 0.3) is 5.91 Å². The number of hydrogen-bond acceptors (Lipinski definition) is 6. The zero-order valence-corrected chi connectivity index (χ0v) is 17.2. The van der Waals surface area contributed by atoms with E-state index in [4.69, 9.17) is 14.2 Å². The van der Waals surface area contributed by atoms with Crippen LogP contribution in [0.3, 0.4) is 0 Å². The first kappa shape index (κ1) is 21.8. The zero-order chi connectivity index (χ0) is 19.2. The van der Waals surface area contributed by atoms with Gasteiger partial charge in [0.2, 0.25) is 0 Å². The summed E-state index contributed by atoms with van der Waals surface area (Å²) in [7, 11) is 4.71. The summed E-state index contributed by atoms with van der Waals surface area (Å²) in [6.45, 7) is 2.21. The first-order valence-corrected chi connectivity index (χ1v) is 8.99. The van der Waals surface area contributed by atoms with Gasteiger partial charge in [-0.25, -0.2) is 0 Å². The Labute approximate surface area is 170 Å². The van der Waals surface area contributed by atoms with Gasteiger partial charge in [-0.05, 0) is 31.5 Å². The summed E-state index contributed by atoms with van der Waals surface area (Å²) < 4.78 is 17.9. The fraction of sp³-hybridized carbons (Fsp3) is 0.474. The lowest BCUT2D eigenvalue weighted by molar-refractivity contribution is 0.0944. The third kappa shape index (κ3) is 4.88. The predicted molar refractivity (Wildman–Crippen MR) is 108 cm³/mol. The molecule has 154 valence electrons. The molecule has 2 aromatic rings. The van der Waals surface area contributed by atoms with Crippen molar-refractivity contribution in [2.45, 2.75) is 25.4 Å². The lowest BCUT2D eigenvalue weighted by Crippen LogP contribution is -2.32. The Bertz CT molecular complexity index is 790. The number of rotatable bonds is 7. The summed E-state index contributed by atoms with van der Waals surface area (Å²) in [4.78, 5) is 12.5. The number of ether oxygens (including phenoxy) is 3. The fourth-order valence-electron chi connectivity index (χ4n) is 3.22. The second kappa shape index (κ2) is 10.2. The Morgan fingerprint density at radius 1 is 1.21 bits per heavy atom. The molecule has 8 nitrogen and oxygen atoms in total. The third-order valence-electron chi connectivity index (χ3n) is 4.71. The van der Waals surface area contributed by atoms with Crippen molar-refractivity contribution in [3.8, 4) is 17.2 Å². The van der Waals surface area contributed by atoms with E-state index < -0.39 is 0 Å². The third-order valence-corrected chi connectivity index (χ3v) is 4.71. The van der Waals surface area contributed by atoms with E-state index in [1.807, 2.05) is 10.9 Å². The van der Waals surface area contributed by atoms with E-state index in [2.05, 4.69) is 15.7 Å². The molecule has 1 saturated heterocycles. The van der Waals surface area contributed by atoms with E-state index in [1.54, 1.807) is 39.5 Å². The van der Waals surface area contributed by atoms with Crippen LogP contribution in [0.4, 0.5) is 0 Å². The van der Waals surface area contributed by atoms with E-state index >= 15 is 0 Å². The minimum absolute atomic E-state index is 0. The van der Waals surface area contributed by atoms with E-state index in [0.29, 0.717) is 35.5 Å². The number of methoxy groups -OCH3 is 3. The van der Waals surface area contributed by atoms with E-state index in [0.717, 1.165) is 31.5 Å². The van der Waals surface area contributed by atoms with Crippen molar-refractivity contribution in [2.75, 3.05) is 34.4 Å². The molecule has 0 bridgehead atoms. The van der Waals surface area contributed by atoms with Gasteiger partial charge in [-0.3, -0.25) is 9.48 Å². The van der Waals surface area contributed by atoms with E-state index in [1.165, 1.54) is 0 Å². The molecule has 3 rings (SSSR count). The first-order valence-electron chi connectivity index (χ1n) is 8.99.